The number of halogens is 1. The van der Waals surface area contributed by atoms with E-state index in [0.29, 0.717) is 31.7 Å². The lowest BCUT2D eigenvalue weighted by Crippen LogP contribution is -2.68. The molecule has 27 nitrogen and oxygen atoms in total. The molecule has 6 aliphatic heterocycles. The number of esters is 1. The van der Waals surface area contributed by atoms with Crippen LogP contribution in [0.1, 0.15) is 141 Å². The molecule has 9 fully saturated rings. The van der Waals surface area contributed by atoms with E-state index in [1.165, 1.54) is 28.1 Å². The van der Waals surface area contributed by atoms with Gasteiger partial charge < -0.3 is 124 Å². The fourth-order valence-corrected chi connectivity index (χ4v) is 21.8. The van der Waals surface area contributed by atoms with E-state index in [0.717, 1.165) is 44.5 Å². The molecule has 600 valence electrons. The van der Waals surface area contributed by atoms with Gasteiger partial charge in [0.25, 0.3) is 0 Å². The van der Waals surface area contributed by atoms with E-state index < -0.39 is 195 Å². The summed E-state index contributed by atoms with van der Waals surface area (Å²) in [5, 5.41) is 152. The van der Waals surface area contributed by atoms with Crippen molar-refractivity contribution in [1.29, 1.82) is 0 Å². The van der Waals surface area contributed by atoms with Gasteiger partial charge >= 0.3 is 5.97 Å². The molecule has 106 heavy (non-hydrogen) atoms. The number of aliphatic hydroxyl groups is 14. The Morgan fingerprint density at radius 1 is 0.594 bits per heavy atom. The van der Waals surface area contributed by atoms with Crippen LogP contribution in [-0.2, 0) is 52.2 Å². The van der Waals surface area contributed by atoms with E-state index in [9.17, 15) is 71.5 Å². The van der Waals surface area contributed by atoms with Crippen LogP contribution in [0.2, 0.25) is 0 Å². The van der Waals surface area contributed by atoms with Crippen LogP contribution < -0.4 is 4.90 Å². The van der Waals surface area contributed by atoms with Crippen molar-refractivity contribution >= 4 is 41.5 Å². The maximum atomic E-state index is 15.4. The number of rotatable bonds is 16. The average molecular weight is 1540 g/mol. The van der Waals surface area contributed by atoms with Crippen molar-refractivity contribution in [3.05, 3.63) is 60.2 Å². The van der Waals surface area contributed by atoms with Gasteiger partial charge in [0.05, 0.1) is 55.6 Å². The quantitative estimate of drug-likeness (QED) is 0.0649. The van der Waals surface area contributed by atoms with Gasteiger partial charge in [0.2, 0.25) is 6.29 Å². The average Bonchev–Trinajstić information content (AvgIpc) is 0.670. The van der Waals surface area contributed by atoms with Crippen molar-refractivity contribution in [2.24, 2.45) is 50.2 Å². The monoisotopic (exact) mass is 1540 g/mol. The topological polar surface area (TPSA) is 399 Å². The summed E-state index contributed by atoms with van der Waals surface area (Å²) in [6.07, 6.45) is -29.2. The molecule has 0 spiro atoms. The minimum atomic E-state index is -1.93. The Morgan fingerprint density at radius 3 is 1.72 bits per heavy atom. The number of likely N-dealkylation sites (N-methyl/N-ethyl adjacent to an activating group) is 1. The molecule has 11 aliphatic rings. The number of ether oxygens (including phenoxy) is 10. The zero-order valence-electron chi connectivity index (χ0n) is 63.0. The molecule has 2 aromatic carbocycles. The summed E-state index contributed by atoms with van der Waals surface area (Å²) in [7, 11) is 0. The van der Waals surface area contributed by atoms with E-state index in [1.54, 1.807) is 6.92 Å². The summed E-state index contributed by atoms with van der Waals surface area (Å²) >= 11 is 1.88. The number of aliphatic hydroxyl groups excluding tert-OH is 14. The zero-order chi connectivity index (χ0) is 76.1. The lowest BCUT2D eigenvalue weighted by atomic mass is 9.33. The van der Waals surface area contributed by atoms with Gasteiger partial charge in [-0.3, -0.25) is 9.69 Å². The smallest absolute Gasteiger partial charge is 0.317 e. The predicted octanol–water partition coefficient (Wildman–Crippen LogP) is 3.53. The number of carbonyl (C=O) groups is 1. The molecule has 0 amide bonds. The Morgan fingerprint density at radius 2 is 1.12 bits per heavy atom. The minimum absolute atomic E-state index is 0. The standard InChI is InChI=1S/C58H94O25.C19H24N2S.ClH/c1-23-44(80-47-40(69)34(63)27(60)21-74-47)38(67)42(71)48(76-23)79-33-13-14-55(7)30(54(33,5)6)12-15-56(8)31(55)11-10-25-26-18-53(3,4)16-17-58(26,32(62)19-57(25,56)9)52(73)83-51-46(35(64)28(61)22-75-51)82-49-43(72)39(68)45(24(2)77-49)81-50-41(70)37(66)36(65)29(20-59)78-50;1-4-20(5-2)15(3)14-21-16-10-6-8-12-18(16)22-19-13-9-7-11-17(19)21;/h10,23-24,26-51,59-72H,11-22H2,1-9H3;6-13,15H,4-5,14H2,1-3H3;1H. The van der Waals surface area contributed by atoms with Crippen molar-refractivity contribution in [2.75, 3.05) is 44.4 Å². The highest BCUT2D eigenvalue weighted by atomic mass is 35.5. The first-order valence-electron chi connectivity index (χ1n) is 38.1. The first-order chi connectivity index (χ1) is 49.5. The molecule has 5 aliphatic carbocycles. The molecule has 5 saturated heterocycles. The van der Waals surface area contributed by atoms with Crippen molar-refractivity contribution in [2.45, 2.75) is 310 Å². The van der Waals surface area contributed by atoms with E-state index in [4.69, 9.17) is 47.4 Å². The number of para-hydroxylation sites is 2. The van der Waals surface area contributed by atoms with Crippen molar-refractivity contribution in [1.82, 2.24) is 4.90 Å². The van der Waals surface area contributed by atoms with Gasteiger partial charge in [0, 0.05) is 22.4 Å². The highest BCUT2D eigenvalue weighted by Gasteiger charge is 2.72. The molecule has 0 radical (unpaired) electrons. The summed E-state index contributed by atoms with van der Waals surface area (Å²) in [5.74, 6) is -1.00. The number of hydrogen-bond donors (Lipinski definition) is 14. The van der Waals surface area contributed by atoms with Gasteiger partial charge in [-0.15, -0.1) is 12.4 Å². The Bertz CT molecular complexity index is 3300. The molecule has 0 bridgehead atoms. The summed E-state index contributed by atoms with van der Waals surface area (Å²) in [6, 6.07) is 18.0. The van der Waals surface area contributed by atoms with E-state index in [2.05, 4.69) is 134 Å². The van der Waals surface area contributed by atoms with Crippen molar-refractivity contribution in [3.63, 3.8) is 0 Å². The number of anilines is 2. The summed E-state index contributed by atoms with van der Waals surface area (Å²) in [6.45, 7) is 27.2. The predicted molar refractivity (Wildman–Crippen MR) is 386 cm³/mol. The first-order valence-corrected chi connectivity index (χ1v) is 38.9. The van der Waals surface area contributed by atoms with Crippen LogP contribution in [0.3, 0.4) is 0 Å². The summed E-state index contributed by atoms with van der Waals surface area (Å²) < 4.78 is 59.6. The highest BCUT2D eigenvalue weighted by molar-refractivity contribution is 7.99. The molecule has 33 atom stereocenters. The lowest BCUT2D eigenvalue weighted by Gasteiger charge is -2.71. The third kappa shape index (κ3) is 15.0. The Labute approximate surface area is 632 Å². The summed E-state index contributed by atoms with van der Waals surface area (Å²) in [5.41, 5.74) is 0.400. The van der Waals surface area contributed by atoms with Crippen LogP contribution >= 0.6 is 24.2 Å². The summed E-state index contributed by atoms with van der Waals surface area (Å²) in [4.78, 5) is 23.1. The third-order valence-electron chi connectivity index (χ3n) is 27.1. The lowest BCUT2D eigenvalue weighted by molar-refractivity contribution is -0.374. The molecule has 2 aromatic rings. The molecule has 6 heterocycles. The van der Waals surface area contributed by atoms with E-state index >= 15 is 4.79 Å². The van der Waals surface area contributed by atoms with Crippen molar-refractivity contribution in [3.8, 4) is 0 Å². The van der Waals surface area contributed by atoms with Gasteiger partial charge in [-0.05, 0) is 161 Å². The fourth-order valence-electron chi connectivity index (χ4n) is 20.7. The van der Waals surface area contributed by atoms with Gasteiger partial charge in [-0.1, -0.05) is 110 Å². The largest absolute Gasteiger partial charge is 0.432 e. The van der Waals surface area contributed by atoms with E-state index in [1.807, 2.05) is 11.8 Å². The molecule has 0 aromatic heterocycles. The van der Waals surface area contributed by atoms with Crippen LogP contribution in [0.5, 0.6) is 0 Å². The molecule has 14 N–H and O–H groups in total. The third-order valence-corrected chi connectivity index (χ3v) is 28.2. The van der Waals surface area contributed by atoms with Crippen LogP contribution in [0, 0.1) is 50.2 Å². The van der Waals surface area contributed by atoms with Crippen molar-refractivity contribution < 1.29 is 124 Å². The zero-order valence-corrected chi connectivity index (χ0v) is 64.6. The maximum Gasteiger partial charge on any atom is 0.317 e. The number of carbonyl (C=O) groups excluding carboxylic acids is 1. The molecule has 33 unspecified atom stereocenters. The Balaban J connectivity index is 0.000000414. The second-order valence-electron chi connectivity index (χ2n) is 34.0. The Kier molecular flexibility index (Phi) is 25.8. The van der Waals surface area contributed by atoms with Crippen LogP contribution in [0.25, 0.3) is 0 Å². The number of benzene rings is 2. The van der Waals surface area contributed by atoms with Crippen LogP contribution in [0.15, 0.2) is 70.0 Å². The highest BCUT2D eigenvalue weighted by Crippen LogP contribution is 2.76. The van der Waals surface area contributed by atoms with Crippen LogP contribution in [0.4, 0.5) is 11.4 Å². The molecule has 29 heteroatoms. The molecule has 13 rings (SSSR count). The number of allylic oxidation sites excluding steroid dienone is 2. The maximum absolute atomic E-state index is 15.4. The van der Waals surface area contributed by atoms with Crippen LogP contribution in [-0.4, -0.2) is 281 Å². The van der Waals surface area contributed by atoms with Gasteiger partial charge in [-0.25, -0.2) is 0 Å². The second kappa shape index (κ2) is 32.6. The SMILES string of the molecule is CC1OC(OC2CCC3(C)C(CCC4(C)C3CC=C3C5CC(C)(C)CCC5(C(=O)OC5OCC(O)C(O)C5OC5OC(C)C(OC6OC(CO)C(O)C(O)C6O)C(O)C5O)C(O)CC34C)C2(C)C)C(O)C(O)C1OC1OCC(O)C(O)C1O.CCN(CC)C(C)CN1c2ccccc2Sc2ccccc21.Cl. The molecule has 4 saturated carbocycles. The number of fused-ring (bicyclic) bond motifs is 9. The van der Waals surface area contributed by atoms with E-state index in [-0.39, 0.29) is 59.9 Å². The minimum Gasteiger partial charge on any atom is -0.432 e. The number of nitrogens with zero attached hydrogens (tertiary/aromatic N) is 2. The Hall–Kier alpha value is -2.87. The van der Waals surface area contributed by atoms with Gasteiger partial charge in [-0.2, -0.15) is 0 Å². The molecular formula is C77H119ClN2O25S. The fraction of sp³-hybridized carbons (Fsp3) is 0.805. The molecular weight excluding hydrogens is 1420 g/mol. The number of hydrogen-bond acceptors (Lipinski definition) is 28. The van der Waals surface area contributed by atoms with Gasteiger partial charge in [0.1, 0.15) is 97.0 Å². The normalized spacial score (nSPS) is 46.2. The second-order valence-corrected chi connectivity index (χ2v) is 35.1. The van der Waals surface area contributed by atoms with Gasteiger partial charge in [0.15, 0.2) is 31.3 Å². The first kappa shape index (κ1) is 84.0.